The zero-order chi connectivity index (χ0) is 6.41. The summed E-state index contributed by atoms with van der Waals surface area (Å²) in [5, 5.41) is 14.4. The number of nitrogens with zero attached hydrogens (tertiary/aromatic N) is 2. The lowest BCUT2D eigenvalue weighted by molar-refractivity contribution is -0.135. The van der Waals surface area contributed by atoms with Crippen LogP contribution >= 0.6 is 0 Å². The van der Waals surface area contributed by atoms with Crippen molar-refractivity contribution in [3.63, 3.8) is 0 Å². The van der Waals surface area contributed by atoms with Crippen LogP contribution in [0.1, 0.15) is 0 Å². The fourth-order valence-corrected chi connectivity index (χ4v) is 0.167. The summed E-state index contributed by atoms with van der Waals surface area (Å²) in [5.41, 5.74) is 2.32. The van der Waals surface area contributed by atoms with Gasteiger partial charge in [-0.1, -0.05) is 5.22 Å². The van der Waals surface area contributed by atoms with Crippen molar-refractivity contribution >= 4 is 5.97 Å². The van der Waals surface area contributed by atoms with Crippen LogP contribution in [0, 0.1) is 0 Å². The van der Waals surface area contributed by atoms with Gasteiger partial charge in [-0.2, -0.15) is 5.11 Å². The molecule has 0 aromatic rings. The third-order valence-corrected chi connectivity index (χ3v) is 0.377. The van der Waals surface area contributed by atoms with Crippen LogP contribution in [0.4, 0.5) is 0 Å². The van der Waals surface area contributed by atoms with Crippen molar-refractivity contribution in [1.82, 2.24) is 5.43 Å². The molecule has 0 bridgehead atoms. The largest absolute Gasteiger partial charge is 0.480 e. The Kier molecular flexibility index (Phi) is 3.47. The average molecular weight is 117 g/mol. The van der Waals surface area contributed by atoms with Gasteiger partial charge in [0.1, 0.15) is 0 Å². The van der Waals surface area contributed by atoms with Crippen LogP contribution in [0.3, 0.4) is 0 Å². The van der Waals surface area contributed by atoms with E-state index in [9.17, 15) is 4.79 Å². The fourth-order valence-electron chi connectivity index (χ4n) is 0.167. The molecule has 0 spiro atoms. The molecule has 0 radical (unpaired) electrons. The van der Waals surface area contributed by atoms with Crippen LogP contribution in [-0.2, 0) is 4.79 Å². The molecule has 0 saturated heterocycles. The molecule has 0 aliphatic carbocycles. The second-order valence-corrected chi connectivity index (χ2v) is 1.02. The third kappa shape index (κ3) is 4.87. The molecule has 0 heterocycles. The summed E-state index contributed by atoms with van der Waals surface area (Å²) in [6.07, 6.45) is 0. The standard InChI is InChI=1S/C3H7N3O2/c1-4-6-5-2-3(7)8/h2H2,1H3,(H,4,5)(H,7,8). The minimum atomic E-state index is -0.982. The smallest absolute Gasteiger partial charge is 0.327 e. The van der Waals surface area contributed by atoms with Crippen LogP contribution in [0.5, 0.6) is 0 Å². The van der Waals surface area contributed by atoms with Gasteiger partial charge in [0.15, 0.2) is 6.54 Å². The molecular formula is C3H7N3O2. The van der Waals surface area contributed by atoms with E-state index >= 15 is 0 Å². The maximum absolute atomic E-state index is 9.69. The van der Waals surface area contributed by atoms with Gasteiger partial charge in [-0.05, 0) is 0 Å². The molecule has 0 rings (SSSR count). The van der Waals surface area contributed by atoms with Crippen molar-refractivity contribution in [2.45, 2.75) is 0 Å². The Morgan fingerprint density at radius 1 is 1.88 bits per heavy atom. The van der Waals surface area contributed by atoms with Gasteiger partial charge in [-0.3, -0.25) is 10.2 Å². The summed E-state index contributed by atoms with van der Waals surface area (Å²) in [4.78, 5) is 9.69. The van der Waals surface area contributed by atoms with Gasteiger partial charge in [0.25, 0.3) is 0 Å². The highest BCUT2D eigenvalue weighted by Gasteiger charge is 1.88. The van der Waals surface area contributed by atoms with Crippen molar-refractivity contribution < 1.29 is 9.90 Å². The molecule has 0 unspecified atom stereocenters. The summed E-state index contributed by atoms with van der Waals surface area (Å²) in [6.45, 7) is -0.277. The van der Waals surface area contributed by atoms with E-state index in [1.165, 1.54) is 0 Å². The first-order chi connectivity index (χ1) is 3.77. The molecule has 0 fully saturated rings. The molecule has 0 aliphatic rings. The molecule has 0 saturated carbocycles. The van der Waals surface area contributed by atoms with Crippen molar-refractivity contribution in [2.75, 3.05) is 13.6 Å². The van der Waals surface area contributed by atoms with Gasteiger partial charge in [-0.25, -0.2) is 0 Å². The highest BCUT2D eigenvalue weighted by molar-refractivity contribution is 5.68. The van der Waals surface area contributed by atoms with E-state index in [1.807, 2.05) is 0 Å². The predicted molar refractivity (Wildman–Crippen MR) is 26.4 cm³/mol. The topological polar surface area (TPSA) is 74.0 Å². The van der Waals surface area contributed by atoms with Crippen molar-refractivity contribution in [2.24, 2.45) is 10.3 Å². The number of carbonyl (C=O) groups is 1. The molecular weight excluding hydrogens is 110 g/mol. The average Bonchev–Trinajstić information content (AvgIpc) is 1.66. The highest BCUT2D eigenvalue weighted by Crippen LogP contribution is 1.68. The number of rotatable bonds is 3. The Labute approximate surface area is 46.4 Å². The van der Waals surface area contributed by atoms with E-state index < -0.39 is 5.97 Å². The zero-order valence-corrected chi connectivity index (χ0v) is 4.46. The number of carboxylic acid groups (broad SMARTS) is 1. The summed E-state index contributed by atoms with van der Waals surface area (Å²) >= 11 is 0. The second-order valence-electron chi connectivity index (χ2n) is 1.02. The van der Waals surface area contributed by atoms with E-state index in [0.717, 1.165) is 0 Å². The Balaban J connectivity index is 3.16. The first kappa shape index (κ1) is 6.87. The molecule has 0 amide bonds. The van der Waals surface area contributed by atoms with Gasteiger partial charge in [0, 0.05) is 7.05 Å². The van der Waals surface area contributed by atoms with Crippen molar-refractivity contribution in [1.29, 1.82) is 0 Å². The minimum Gasteiger partial charge on any atom is -0.480 e. The van der Waals surface area contributed by atoms with Gasteiger partial charge in [0.2, 0.25) is 0 Å². The van der Waals surface area contributed by atoms with Gasteiger partial charge in [0.05, 0.1) is 0 Å². The van der Waals surface area contributed by atoms with E-state index in [-0.39, 0.29) is 6.54 Å². The summed E-state index contributed by atoms with van der Waals surface area (Å²) in [7, 11) is 1.55. The maximum atomic E-state index is 9.69. The number of hydrogen-bond acceptors (Lipinski definition) is 3. The van der Waals surface area contributed by atoms with Crippen molar-refractivity contribution in [3.8, 4) is 0 Å². The molecule has 5 nitrogen and oxygen atoms in total. The summed E-state index contributed by atoms with van der Waals surface area (Å²) in [5.74, 6) is -0.982. The minimum absolute atomic E-state index is 0.277. The van der Waals surface area contributed by atoms with Crippen LogP contribution in [-0.4, -0.2) is 24.7 Å². The van der Waals surface area contributed by atoms with Crippen LogP contribution in [0.15, 0.2) is 10.3 Å². The molecule has 0 aromatic carbocycles. The molecule has 5 heteroatoms. The van der Waals surface area contributed by atoms with E-state index in [2.05, 4.69) is 15.8 Å². The van der Waals surface area contributed by atoms with Crippen molar-refractivity contribution in [3.05, 3.63) is 0 Å². The first-order valence-corrected chi connectivity index (χ1v) is 2.02. The Hall–Kier alpha value is -1.13. The van der Waals surface area contributed by atoms with E-state index in [0.29, 0.717) is 0 Å². The molecule has 2 N–H and O–H groups in total. The van der Waals surface area contributed by atoms with Gasteiger partial charge >= 0.3 is 5.97 Å². The van der Waals surface area contributed by atoms with E-state index in [4.69, 9.17) is 5.11 Å². The lowest BCUT2D eigenvalue weighted by Gasteiger charge is -1.82. The number of hydrogen-bond donors (Lipinski definition) is 2. The Morgan fingerprint density at radius 2 is 2.50 bits per heavy atom. The molecule has 0 aromatic heterocycles. The SMILES string of the molecule is CN/N=N\CC(=O)O. The van der Waals surface area contributed by atoms with Crippen LogP contribution < -0.4 is 5.43 Å². The number of nitrogens with one attached hydrogen (secondary N) is 1. The molecule has 0 atom stereocenters. The summed E-state index contributed by atoms with van der Waals surface area (Å²) < 4.78 is 0. The quantitative estimate of drug-likeness (QED) is 0.392. The van der Waals surface area contributed by atoms with Crippen LogP contribution in [0.2, 0.25) is 0 Å². The summed E-state index contributed by atoms with van der Waals surface area (Å²) in [6, 6.07) is 0. The fraction of sp³-hybridized carbons (Fsp3) is 0.667. The molecule has 8 heavy (non-hydrogen) atoms. The molecule has 0 aliphatic heterocycles. The lowest BCUT2D eigenvalue weighted by Crippen LogP contribution is -2.00. The Morgan fingerprint density at radius 3 is 2.88 bits per heavy atom. The monoisotopic (exact) mass is 117 g/mol. The molecule has 46 valence electrons. The number of carboxylic acids is 1. The Bertz CT molecular complexity index is 101. The van der Waals surface area contributed by atoms with Gasteiger partial charge in [-0.15, -0.1) is 0 Å². The predicted octanol–water partition coefficient (Wildman–Crippen LogP) is -0.342. The van der Waals surface area contributed by atoms with Crippen LogP contribution in [0.25, 0.3) is 0 Å². The second kappa shape index (κ2) is 4.04. The van der Waals surface area contributed by atoms with E-state index in [1.54, 1.807) is 7.05 Å². The first-order valence-electron chi connectivity index (χ1n) is 2.02. The number of aliphatic carboxylic acids is 1. The van der Waals surface area contributed by atoms with Gasteiger partial charge < -0.3 is 5.11 Å². The normalized spacial score (nSPS) is 9.62. The highest BCUT2D eigenvalue weighted by atomic mass is 16.4. The lowest BCUT2D eigenvalue weighted by atomic mass is 10.7. The maximum Gasteiger partial charge on any atom is 0.327 e. The zero-order valence-electron chi connectivity index (χ0n) is 4.46. The third-order valence-electron chi connectivity index (χ3n) is 0.377.